The number of rotatable bonds is 8. The highest BCUT2D eigenvalue weighted by Crippen LogP contribution is 2.38. The van der Waals surface area contributed by atoms with E-state index in [1.54, 1.807) is 0 Å². The summed E-state index contributed by atoms with van der Waals surface area (Å²) in [7, 11) is -6.57. The van der Waals surface area contributed by atoms with Gasteiger partial charge in [-0.15, -0.1) is 0 Å². The Balaban J connectivity index is 1.50. The van der Waals surface area contributed by atoms with Gasteiger partial charge in [-0.3, -0.25) is 0 Å². The average Bonchev–Trinajstić information content (AvgIpc) is 2.98. The Hall–Kier alpha value is -4.19. The summed E-state index contributed by atoms with van der Waals surface area (Å²) in [5.41, 5.74) is -1.73. The van der Waals surface area contributed by atoms with Crippen molar-refractivity contribution in [3.8, 4) is 16.9 Å². The average molecular weight is 589 g/mol. The molecule has 206 valence electrons. The normalized spacial score (nSPS) is 12.1. The van der Waals surface area contributed by atoms with Crippen LogP contribution < -0.4 is 20.1 Å². The Morgan fingerprint density at radius 2 is 1.10 bits per heavy atom. The van der Waals surface area contributed by atoms with Gasteiger partial charge in [0, 0.05) is 0 Å². The second-order valence-electron chi connectivity index (χ2n) is 9.00. The molecule has 5 rings (SSSR count). The van der Waals surface area contributed by atoms with Crippen molar-refractivity contribution in [3.63, 3.8) is 0 Å². The molecule has 0 unspecified atom stereocenters. The van der Waals surface area contributed by atoms with Crippen LogP contribution in [0.4, 0.5) is 13.2 Å². The first kappa shape index (κ1) is 28.3. The molecule has 0 amide bonds. The third kappa shape index (κ3) is 6.59. The lowest BCUT2D eigenvalue weighted by Crippen LogP contribution is -2.28. The Morgan fingerprint density at radius 1 is 0.585 bits per heavy atom. The van der Waals surface area contributed by atoms with Gasteiger partial charge >= 0.3 is 15.6 Å². The lowest BCUT2D eigenvalue weighted by molar-refractivity contribution is -0.0500. The van der Waals surface area contributed by atoms with Crippen molar-refractivity contribution in [1.29, 1.82) is 0 Å². The minimum Gasteiger partial charge on any atom is -0.376 e. The van der Waals surface area contributed by atoms with Crippen LogP contribution >= 0.6 is 7.92 Å². The lowest BCUT2D eigenvalue weighted by atomic mass is 9.99. The molecular formula is C33H24F3O3PS. The third-order valence-electron chi connectivity index (χ3n) is 6.25. The van der Waals surface area contributed by atoms with Gasteiger partial charge in [0.25, 0.3) is 0 Å². The molecule has 0 aliphatic carbocycles. The SMILES string of the molecule is O=S(=O)(Oc1ccc(C=Cc2ccccc2-c2ccccc2P(c2ccccc2)c2ccccc2)cc1)C(F)(F)F. The summed E-state index contributed by atoms with van der Waals surface area (Å²) in [5, 5.41) is 3.70. The summed E-state index contributed by atoms with van der Waals surface area (Å²) in [4.78, 5) is 0. The fourth-order valence-corrected chi connectivity index (χ4v) is 7.28. The zero-order chi connectivity index (χ0) is 28.9. The molecule has 8 heteroatoms. The van der Waals surface area contributed by atoms with Crippen LogP contribution in [0.2, 0.25) is 0 Å². The Morgan fingerprint density at radius 3 is 1.68 bits per heavy atom. The minimum absolute atomic E-state index is 0.413. The van der Waals surface area contributed by atoms with Crippen LogP contribution in [0.25, 0.3) is 23.3 Å². The quantitative estimate of drug-likeness (QED) is 0.0816. The molecule has 0 aliphatic rings. The first-order valence-corrected chi connectivity index (χ1v) is 15.4. The molecule has 0 saturated heterocycles. The third-order valence-corrected chi connectivity index (χ3v) is 9.73. The van der Waals surface area contributed by atoms with E-state index in [9.17, 15) is 21.6 Å². The number of hydrogen-bond acceptors (Lipinski definition) is 3. The van der Waals surface area contributed by atoms with E-state index in [2.05, 4.69) is 77.0 Å². The molecule has 0 radical (unpaired) electrons. The molecule has 0 aliphatic heterocycles. The molecule has 0 saturated carbocycles. The van der Waals surface area contributed by atoms with Crippen LogP contribution in [0.15, 0.2) is 133 Å². The summed E-state index contributed by atoms with van der Waals surface area (Å²) < 4.78 is 64.7. The van der Waals surface area contributed by atoms with Crippen LogP contribution in [0.3, 0.4) is 0 Å². The molecule has 0 aromatic heterocycles. The zero-order valence-electron chi connectivity index (χ0n) is 21.6. The number of halogens is 3. The van der Waals surface area contributed by atoms with Crippen molar-refractivity contribution in [2.45, 2.75) is 5.51 Å². The number of alkyl halides is 3. The van der Waals surface area contributed by atoms with Crippen molar-refractivity contribution in [2.75, 3.05) is 0 Å². The van der Waals surface area contributed by atoms with Crippen LogP contribution in [0, 0.1) is 0 Å². The molecule has 41 heavy (non-hydrogen) atoms. The summed E-state index contributed by atoms with van der Waals surface area (Å²) in [5.74, 6) is -0.413. The van der Waals surface area contributed by atoms with E-state index in [1.165, 1.54) is 40.2 Å². The summed E-state index contributed by atoms with van der Waals surface area (Å²) in [6.07, 6.45) is 3.75. The van der Waals surface area contributed by atoms with Crippen molar-refractivity contribution >= 4 is 46.1 Å². The molecule has 0 heterocycles. The Bertz CT molecular complexity index is 1710. The van der Waals surface area contributed by atoms with Gasteiger partial charge in [0.15, 0.2) is 0 Å². The summed E-state index contributed by atoms with van der Waals surface area (Å²) in [6, 6.07) is 42.7. The highest BCUT2D eigenvalue weighted by Gasteiger charge is 2.48. The van der Waals surface area contributed by atoms with Gasteiger partial charge in [-0.25, -0.2) is 0 Å². The van der Waals surface area contributed by atoms with Gasteiger partial charge in [-0.05, 0) is 58.2 Å². The smallest absolute Gasteiger partial charge is 0.376 e. The highest BCUT2D eigenvalue weighted by molar-refractivity contribution is 7.88. The van der Waals surface area contributed by atoms with Crippen LogP contribution in [0.1, 0.15) is 11.1 Å². The lowest BCUT2D eigenvalue weighted by Gasteiger charge is -2.23. The van der Waals surface area contributed by atoms with Gasteiger partial charge in [0.1, 0.15) is 5.75 Å². The van der Waals surface area contributed by atoms with Crippen molar-refractivity contribution in [3.05, 3.63) is 145 Å². The van der Waals surface area contributed by atoms with Gasteiger partial charge < -0.3 is 4.18 Å². The van der Waals surface area contributed by atoms with Crippen molar-refractivity contribution in [1.82, 2.24) is 0 Å². The maximum absolute atomic E-state index is 12.6. The molecule has 0 N–H and O–H groups in total. The van der Waals surface area contributed by atoms with Gasteiger partial charge in [0.2, 0.25) is 0 Å². The van der Waals surface area contributed by atoms with E-state index in [1.807, 2.05) is 48.6 Å². The topological polar surface area (TPSA) is 43.4 Å². The van der Waals surface area contributed by atoms with E-state index in [4.69, 9.17) is 0 Å². The molecule has 5 aromatic rings. The molecule has 0 fully saturated rings. The Kier molecular flexibility index (Phi) is 8.39. The van der Waals surface area contributed by atoms with E-state index in [0.717, 1.165) is 16.7 Å². The molecular weight excluding hydrogens is 564 g/mol. The largest absolute Gasteiger partial charge is 0.534 e. The first-order valence-electron chi connectivity index (χ1n) is 12.6. The fraction of sp³-hybridized carbons (Fsp3) is 0.0303. The van der Waals surface area contributed by atoms with E-state index >= 15 is 0 Å². The predicted molar refractivity (Wildman–Crippen MR) is 162 cm³/mol. The fourth-order valence-electron chi connectivity index (χ4n) is 4.36. The monoisotopic (exact) mass is 588 g/mol. The maximum Gasteiger partial charge on any atom is 0.534 e. The second kappa shape index (κ2) is 12.1. The zero-order valence-corrected chi connectivity index (χ0v) is 23.3. The molecule has 5 aromatic carbocycles. The highest BCUT2D eigenvalue weighted by atomic mass is 32.2. The van der Waals surface area contributed by atoms with Crippen molar-refractivity contribution < 1.29 is 25.8 Å². The van der Waals surface area contributed by atoms with E-state index in [0.29, 0.717) is 5.56 Å². The Labute approximate surface area is 238 Å². The van der Waals surface area contributed by atoms with Crippen molar-refractivity contribution in [2.24, 2.45) is 0 Å². The second-order valence-corrected chi connectivity index (χ2v) is 12.7. The van der Waals surface area contributed by atoms with Gasteiger partial charge in [-0.1, -0.05) is 133 Å². The van der Waals surface area contributed by atoms with Crippen LogP contribution in [-0.4, -0.2) is 13.9 Å². The number of hydrogen-bond donors (Lipinski definition) is 0. The van der Waals surface area contributed by atoms with E-state index < -0.39 is 29.3 Å². The van der Waals surface area contributed by atoms with Crippen LogP contribution in [-0.2, 0) is 10.1 Å². The predicted octanol–water partition coefficient (Wildman–Crippen LogP) is 7.51. The maximum atomic E-state index is 12.6. The molecule has 0 spiro atoms. The molecule has 0 atom stereocenters. The summed E-state index contributed by atoms with van der Waals surface area (Å²) >= 11 is 0. The standard InChI is InChI=1S/C33H24F3O3PS/c34-33(35,36)41(37,38)39-27-23-20-25(21-24-27)19-22-26-11-7-8-16-30(26)31-17-9-10-18-32(31)40(28-12-3-1-4-13-28)29-14-5-2-6-15-29/h1-24H. The van der Waals surface area contributed by atoms with E-state index in [-0.39, 0.29) is 0 Å². The van der Waals surface area contributed by atoms with Gasteiger partial charge in [-0.2, -0.15) is 21.6 Å². The van der Waals surface area contributed by atoms with Gasteiger partial charge in [0.05, 0.1) is 0 Å². The molecule has 0 bridgehead atoms. The van der Waals surface area contributed by atoms with Crippen LogP contribution in [0.5, 0.6) is 5.75 Å². The summed E-state index contributed by atoms with van der Waals surface area (Å²) in [6.45, 7) is 0. The number of benzene rings is 5. The molecule has 3 nitrogen and oxygen atoms in total. The first-order chi connectivity index (χ1) is 19.7. The minimum atomic E-state index is -5.72.